The number of thiazole rings is 1. The van der Waals surface area contributed by atoms with E-state index < -0.39 is 6.04 Å². The number of H-pyrrole nitrogens is 1. The molecule has 0 spiro atoms. The Morgan fingerprint density at radius 2 is 1.91 bits per heavy atom. The van der Waals surface area contributed by atoms with Crippen LogP contribution < -0.4 is 5.32 Å². The minimum atomic E-state index is -0.564. The molecule has 3 heterocycles. The number of fused-ring (bicyclic) bond motifs is 2. The van der Waals surface area contributed by atoms with Crippen LogP contribution in [0.15, 0.2) is 54.7 Å². The average molecular weight is 447 g/mol. The highest BCUT2D eigenvalue weighted by atomic mass is 32.1. The Morgan fingerprint density at radius 1 is 1.16 bits per heavy atom. The zero-order valence-corrected chi connectivity index (χ0v) is 18.8. The lowest BCUT2D eigenvalue weighted by molar-refractivity contribution is -0.137. The summed E-state index contributed by atoms with van der Waals surface area (Å²) in [5, 5.41) is 5.14. The molecule has 0 bridgehead atoms. The number of nitrogens with one attached hydrogen (secondary N) is 2. The lowest BCUT2D eigenvalue weighted by Gasteiger charge is -2.33. The highest BCUT2D eigenvalue weighted by Crippen LogP contribution is 2.34. The Kier molecular flexibility index (Phi) is 5.66. The predicted octanol–water partition coefficient (Wildman–Crippen LogP) is 4.23. The smallest absolute Gasteiger partial charge is 0.245 e. The molecule has 5 rings (SSSR count). The Bertz CT molecular complexity index is 1240. The van der Waals surface area contributed by atoms with Gasteiger partial charge in [-0.3, -0.25) is 9.59 Å². The number of rotatable bonds is 5. The minimum absolute atomic E-state index is 0.00627. The Labute approximate surface area is 190 Å². The van der Waals surface area contributed by atoms with Crippen molar-refractivity contribution in [2.45, 2.75) is 38.1 Å². The minimum Gasteiger partial charge on any atom is -0.361 e. The highest BCUT2D eigenvalue weighted by Gasteiger charge is 2.31. The number of amides is 2. The van der Waals surface area contributed by atoms with Crippen molar-refractivity contribution in [3.63, 3.8) is 0 Å². The van der Waals surface area contributed by atoms with Crippen LogP contribution in [0, 0.1) is 0 Å². The van der Waals surface area contributed by atoms with Gasteiger partial charge in [-0.15, -0.1) is 11.3 Å². The summed E-state index contributed by atoms with van der Waals surface area (Å²) in [5.41, 5.74) is 3.13. The molecule has 1 saturated heterocycles. The molecule has 164 valence electrons. The number of likely N-dealkylation sites (tertiary alicyclic amines) is 1. The van der Waals surface area contributed by atoms with Crippen LogP contribution in [0.25, 0.3) is 21.1 Å². The Morgan fingerprint density at radius 3 is 2.69 bits per heavy atom. The van der Waals surface area contributed by atoms with Crippen LogP contribution in [0.3, 0.4) is 0 Å². The zero-order chi connectivity index (χ0) is 22.1. The van der Waals surface area contributed by atoms with Gasteiger partial charge in [0, 0.05) is 49.5 Å². The molecule has 1 atom stereocenters. The fourth-order valence-corrected chi connectivity index (χ4v) is 5.73. The first-order chi connectivity index (χ1) is 15.6. The number of benzene rings is 2. The van der Waals surface area contributed by atoms with Crippen molar-refractivity contribution in [3.05, 3.63) is 65.3 Å². The molecule has 2 amide bonds. The molecular formula is C25H26N4O2S. The van der Waals surface area contributed by atoms with Crippen molar-refractivity contribution in [1.29, 1.82) is 0 Å². The third-order valence-electron chi connectivity index (χ3n) is 6.24. The van der Waals surface area contributed by atoms with Gasteiger partial charge >= 0.3 is 0 Å². The van der Waals surface area contributed by atoms with E-state index in [-0.39, 0.29) is 11.8 Å². The largest absolute Gasteiger partial charge is 0.361 e. The van der Waals surface area contributed by atoms with E-state index in [1.807, 2.05) is 47.5 Å². The summed E-state index contributed by atoms with van der Waals surface area (Å²) in [6.45, 7) is 2.83. The Hall–Kier alpha value is -3.19. The lowest BCUT2D eigenvalue weighted by atomic mass is 9.96. The van der Waals surface area contributed by atoms with Crippen LogP contribution in [0.5, 0.6) is 0 Å². The zero-order valence-electron chi connectivity index (χ0n) is 18.0. The number of para-hydroxylation sites is 2. The van der Waals surface area contributed by atoms with Gasteiger partial charge in [0.25, 0.3) is 0 Å². The number of aromatic amines is 1. The second-order valence-electron chi connectivity index (χ2n) is 8.44. The summed E-state index contributed by atoms with van der Waals surface area (Å²) in [4.78, 5) is 35.2. The van der Waals surface area contributed by atoms with E-state index in [1.165, 1.54) is 11.6 Å². The molecule has 1 unspecified atom stereocenters. The summed E-state index contributed by atoms with van der Waals surface area (Å²) < 4.78 is 1.21. The van der Waals surface area contributed by atoms with Gasteiger partial charge in [-0.05, 0) is 36.6 Å². The maximum absolute atomic E-state index is 13.4. The van der Waals surface area contributed by atoms with E-state index in [0.29, 0.717) is 25.4 Å². The van der Waals surface area contributed by atoms with Crippen LogP contribution >= 0.6 is 11.3 Å². The molecule has 0 saturated carbocycles. The van der Waals surface area contributed by atoms with E-state index >= 15 is 0 Å². The van der Waals surface area contributed by atoms with Crippen LogP contribution in [0.2, 0.25) is 0 Å². The van der Waals surface area contributed by atoms with Crippen molar-refractivity contribution in [1.82, 2.24) is 20.2 Å². The number of hydrogen-bond acceptors (Lipinski definition) is 4. The van der Waals surface area contributed by atoms with Gasteiger partial charge in [0.05, 0.1) is 15.2 Å². The molecule has 1 fully saturated rings. The number of hydrogen-bond donors (Lipinski definition) is 2. The van der Waals surface area contributed by atoms with Crippen LogP contribution in [0.4, 0.5) is 0 Å². The molecule has 0 aliphatic carbocycles. The average Bonchev–Trinajstić information content (AvgIpc) is 3.42. The molecule has 32 heavy (non-hydrogen) atoms. The van der Waals surface area contributed by atoms with Crippen molar-refractivity contribution in [3.8, 4) is 0 Å². The van der Waals surface area contributed by atoms with Gasteiger partial charge in [0.1, 0.15) is 6.04 Å². The van der Waals surface area contributed by atoms with E-state index in [1.54, 1.807) is 11.3 Å². The molecule has 1 aliphatic rings. The number of nitrogens with zero attached hydrogens (tertiary/aromatic N) is 2. The normalized spacial score (nSPS) is 15.8. The van der Waals surface area contributed by atoms with E-state index in [9.17, 15) is 9.59 Å². The van der Waals surface area contributed by atoms with E-state index in [4.69, 9.17) is 4.98 Å². The molecular weight excluding hydrogens is 420 g/mol. The second kappa shape index (κ2) is 8.74. The molecule has 0 radical (unpaired) electrons. The first-order valence-corrected chi connectivity index (χ1v) is 11.9. The maximum Gasteiger partial charge on any atom is 0.245 e. The molecule has 2 aromatic heterocycles. The molecule has 4 aromatic rings. The van der Waals surface area contributed by atoms with Crippen molar-refractivity contribution < 1.29 is 9.59 Å². The summed E-state index contributed by atoms with van der Waals surface area (Å²) >= 11 is 1.76. The topological polar surface area (TPSA) is 78.1 Å². The van der Waals surface area contributed by atoms with Crippen molar-refractivity contribution in [2.24, 2.45) is 0 Å². The molecule has 1 aliphatic heterocycles. The van der Waals surface area contributed by atoms with Gasteiger partial charge in [0.15, 0.2) is 0 Å². The van der Waals surface area contributed by atoms with Gasteiger partial charge in [0.2, 0.25) is 11.8 Å². The third kappa shape index (κ3) is 4.12. The monoisotopic (exact) mass is 446 g/mol. The first kappa shape index (κ1) is 20.7. The van der Waals surface area contributed by atoms with Crippen LogP contribution in [-0.4, -0.2) is 45.8 Å². The standard InChI is InChI=1S/C25H26N4O2S/c1-16(30)27-22(14-18-15-26-20-7-3-2-6-19(18)20)25(31)29-12-10-17(11-13-29)24-28-21-8-4-5-9-23(21)32-24/h2-9,15,17,22,26H,10-14H2,1H3,(H,27,30). The third-order valence-corrected chi connectivity index (χ3v) is 7.44. The first-order valence-electron chi connectivity index (χ1n) is 11.0. The molecule has 2 aromatic carbocycles. The number of carbonyl (C=O) groups excluding carboxylic acids is 2. The molecule has 7 heteroatoms. The molecule has 2 N–H and O–H groups in total. The Balaban J connectivity index is 1.28. The number of piperidine rings is 1. The van der Waals surface area contributed by atoms with Gasteiger partial charge < -0.3 is 15.2 Å². The van der Waals surface area contributed by atoms with E-state index in [0.717, 1.165) is 39.8 Å². The van der Waals surface area contributed by atoms with Crippen molar-refractivity contribution in [2.75, 3.05) is 13.1 Å². The predicted molar refractivity (Wildman–Crippen MR) is 128 cm³/mol. The second-order valence-corrected chi connectivity index (χ2v) is 9.50. The summed E-state index contributed by atoms with van der Waals surface area (Å²) in [5.74, 6) is 0.185. The van der Waals surface area contributed by atoms with Gasteiger partial charge in [-0.2, -0.15) is 0 Å². The van der Waals surface area contributed by atoms with Crippen LogP contribution in [0.1, 0.15) is 36.3 Å². The van der Waals surface area contributed by atoms with E-state index in [2.05, 4.69) is 22.4 Å². The fourth-order valence-electron chi connectivity index (χ4n) is 4.60. The summed E-state index contributed by atoms with van der Waals surface area (Å²) in [6, 6.07) is 15.7. The van der Waals surface area contributed by atoms with Crippen LogP contribution in [-0.2, 0) is 16.0 Å². The lowest BCUT2D eigenvalue weighted by Crippen LogP contribution is -2.51. The maximum atomic E-state index is 13.4. The molecule has 6 nitrogen and oxygen atoms in total. The highest BCUT2D eigenvalue weighted by molar-refractivity contribution is 7.18. The summed E-state index contributed by atoms with van der Waals surface area (Å²) in [7, 11) is 0. The van der Waals surface area contributed by atoms with Crippen molar-refractivity contribution >= 4 is 44.3 Å². The SMILES string of the molecule is CC(=O)NC(Cc1c[nH]c2ccccc12)C(=O)N1CCC(c2nc3ccccc3s2)CC1. The quantitative estimate of drug-likeness (QED) is 0.482. The number of carbonyl (C=O) groups is 2. The fraction of sp³-hybridized carbons (Fsp3) is 0.320. The van der Waals surface area contributed by atoms with Gasteiger partial charge in [-0.1, -0.05) is 30.3 Å². The summed E-state index contributed by atoms with van der Waals surface area (Å²) in [6.07, 6.45) is 4.20. The number of aromatic nitrogens is 2. The van der Waals surface area contributed by atoms with Gasteiger partial charge in [-0.25, -0.2) is 4.98 Å².